The van der Waals surface area contributed by atoms with Gasteiger partial charge in [-0.1, -0.05) is 19.1 Å². The van der Waals surface area contributed by atoms with E-state index < -0.39 is 35.9 Å². The number of aryl methyl sites for hydroxylation is 1. The van der Waals surface area contributed by atoms with Crippen LogP contribution in [0.2, 0.25) is 0 Å². The van der Waals surface area contributed by atoms with Crippen molar-refractivity contribution >= 4 is 24.1 Å². The van der Waals surface area contributed by atoms with Gasteiger partial charge in [0.05, 0.1) is 0 Å². The van der Waals surface area contributed by atoms with Crippen molar-refractivity contribution in [3.05, 3.63) is 64.7 Å². The summed E-state index contributed by atoms with van der Waals surface area (Å²) < 4.78 is 40.4. The molecule has 0 bridgehead atoms. The maximum Gasteiger partial charge on any atom is 0.573 e. The van der Waals surface area contributed by atoms with E-state index in [1.54, 1.807) is 32.0 Å². The summed E-state index contributed by atoms with van der Waals surface area (Å²) >= 11 is 0. The van der Waals surface area contributed by atoms with Crippen LogP contribution in [0.15, 0.2) is 42.5 Å². The molecule has 0 fully saturated rings. The summed E-state index contributed by atoms with van der Waals surface area (Å²) in [6, 6.07) is 8.47. The molecule has 0 radical (unpaired) electrons. The molecule has 1 atom stereocenters. The van der Waals surface area contributed by atoms with Gasteiger partial charge in [-0.15, -0.1) is 13.2 Å². The first-order valence-corrected chi connectivity index (χ1v) is 9.82. The van der Waals surface area contributed by atoms with Gasteiger partial charge in [0, 0.05) is 17.7 Å². The molecule has 0 spiro atoms. The van der Waals surface area contributed by atoms with Crippen LogP contribution in [0.1, 0.15) is 45.2 Å². The van der Waals surface area contributed by atoms with E-state index in [1.807, 2.05) is 5.32 Å². The number of amides is 4. The highest BCUT2D eigenvalue weighted by Gasteiger charge is 2.31. The van der Waals surface area contributed by atoms with Gasteiger partial charge in [-0.05, 0) is 54.8 Å². The van der Waals surface area contributed by atoms with Crippen molar-refractivity contribution in [1.82, 2.24) is 16.0 Å². The van der Waals surface area contributed by atoms with E-state index in [-0.39, 0.29) is 24.9 Å². The molecule has 2 rings (SSSR count). The van der Waals surface area contributed by atoms with Gasteiger partial charge in [0.2, 0.25) is 12.3 Å². The Kier molecular flexibility index (Phi) is 8.55. The number of nitrogens with one attached hydrogen (secondary N) is 3. The van der Waals surface area contributed by atoms with Crippen molar-refractivity contribution < 1.29 is 37.1 Å². The summed E-state index contributed by atoms with van der Waals surface area (Å²) in [4.78, 5) is 46.9. The molecule has 0 saturated heterocycles. The maximum atomic E-state index is 12.5. The van der Waals surface area contributed by atoms with Gasteiger partial charge < -0.3 is 15.4 Å². The predicted molar refractivity (Wildman–Crippen MR) is 111 cm³/mol. The summed E-state index contributed by atoms with van der Waals surface area (Å²) in [6.07, 6.45) is -4.28. The van der Waals surface area contributed by atoms with E-state index in [4.69, 9.17) is 0 Å². The number of ether oxygens (including phenoxy) is 1. The molecular formula is C22H22F3N3O5. The lowest BCUT2D eigenvalue weighted by Gasteiger charge is -2.16. The highest BCUT2D eigenvalue weighted by molar-refractivity contribution is 6.00. The summed E-state index contributed by atoms with van der Waals surface area (Å²) in [5.41, 5.74) is 1.75. The van der Waals surface area contributed by atoms with E-state index >= 15 is 0 Å². The minimum absolute atomic E-state index is 0.113. The molecule has 0 aliphatic carbocycles. The molecule has 8 nitrogen and oxygen atoms in total. The quantitative estimate of drug-likeness (QED) is 0.493. The Morgan fingerprint density at radius 1 is 1.06 bits per heavy atom. The zero-order valence-corrected chi connectivity index (χ0v) is 17.8. The van der Waals surface area contributed by atoms with Gasteiger partial charge >= 0.3 is 6.36 Å². The van der Waals surface area contributed by atoms with Crippen molar-refractivity contribution in [2.75, 3.05) is 0 Å². The number of halogens is 3. The smallest absolute Gasteiger partial charge is 0.406 e. The second-order valence-electron chi connectivity index (χ2n) is 6.96. The molecule has 1 unspecified atom stereocenters. The van der Waals surface area contributed by atoms with Gasteiger partial charge in [0.25, 0.3) is 11.8 Å². The molecule has 0 aromatic heterocycles. The zero-order chi connectivity index (χ0) is 24.6. The van der Waals surface area contributed by atoms with E-state index in [9.17, 15) is 32.3 Å². The van der Waals surface area contributed by atoms with Crippen LogP contribution in [-0.4, -0.2) is 36.5 Å². The van der Waals surface area contributed by atoms with E-state index in [0.717, 1.165) is 12.1 Å². The maximum absolute atomic E-state index is 12.5. The van der Waals surface area contributed by atoms with Gasteiger partial charge in [-0.25, -0.2) is 0 Å². The third-order valence-corrected chi connectivity index (χ3v) is 4.57. The zero-order valence-electron chi connectivity index (χ0n) is 17.8. The fourth-order valence-electron chi connectivity index (χ4n) is 2.93. The Morgan fingerprint density at radius 3 is 2.27 bits per heavy atom. The first-order valence-electron chi connectivity index (χ1n) is 9.82. The number of alkyl halides is 3. The van der Waals surface area contributed by atoms with E-state index in [2.05, 4.69) is 15.4 Å². The van der Waals surface area contributed by atoms with Crippen LogP contribution >= 0.6 is 0 Å². The molecule has 0 saturated carbocycles. The average Bonchev–Trinajstić information content (AvgIpc) is 2.75. The molecule has 176 valence electrons. The van der Waals surface area contributed by atoms with Crippen LogP contribution < -0.4 is 20.7 Å². The molecule has 11 heteroatoms. The van der Waals surface area contributed by atoms with Crippen molar-refractivity contribution in [2.24, 2.45) is 0 Å². The second-order valence-corrected chi connectivity index (χ2v) is 6.96. The van der Waals surface area contributed by atoms with Gasteiger partial charge in [0.15, 0.2) is 0 Å². The van der Waals surface area contributed by atoms with Gasteiger partial charge in [-0.3, -0.25) is 24.5 Å². The number of hydrogen-bond acceptors (Lipinski definition) is 5. The van der Waals surface area contributed by atoms with Gasteiger partial charge in [0.1, 0.15) is 11.8 Å². The van der Waals surface area contributed by atoms with Crippen LogP contribution in [0.4, 0.5) is 13.2 Å². The van der Waals surface area contributed by atoms with Crippen LogP contribution in [0.3, 0.4) is 0 Å². The third-order valence-electron chi connectivity index (χ3n) is 4.57. The number of carbonyl (C=O) groups excluding carboxylic acids is 4. The van der Waals surface area contributed by atoms with Crippen LogP contribution in [0.5, 0.6) is 5.75 Å². The van der Waals surface area contributed by atoms with E-state index in [0.29, 0.717) is 16.7 Å². The average molecular weight is 465 g/mol. The lowest BCUT2D eigenvalue weighted by molar-refractivity contribution is -0.274. The fourth-order valence-corrected chi connectivity index (χ4v) is 2.93. The van der Waals surface area contributed by atoms with Crippen molar-refractivity contribution in [3.8, 4) is 5.75 Å². The molecule has 3 N–H and O–H groups in total. The molecule has 2 aromatic carbocycles. The molecule has 4 amide bonds. The Hall–Kier alpha value is -3.89. The Bertz CT molecular complexity index is 1020. The molecule has 0 aliphatic heterocycles. The lowest BCUT2D eigenvalue weighted by Crippen LogP contribution is -2.46. The molecule has 2 aromatic rings. The second kappa shape index (κ2) is 11.1. The summed E-state index contributed by atoms with van der Waals surface area (Å²) in [7, 11) is 0. The Labute approximate surface area is 187 Å². The fraction of sp³-hybridized carbons (Fsp3) is 0.273. The Balaban J connectivity index is 1.98. The Morgan fingerprint density at radius 2 is 1.73 bits per heavy atom. The largest absolute Gasteiger partial charge is 0.573 e. The number of hydrogen-bond donors (Lipinski definition) is 3. The summed E-state index contributed by atoms with van der Waals surface area (Å²) in [5.74, 6) is -2.04. The minimum atomic E-state index is -4.82. The monoisotopic (exact) mass is 465 g/mol. The molecule has 0 heterocycles. The number of carbonyl (C=O) groups is 4. The predicted octanol–water partition coefficient (Wildman–Crippen LogP) is 2.60. The first-order chi connectivity index (χ1) is 15.5. The van der Waals surface area contributed by atoms with Crippen molar-refractivity contribution in [2.45, 2.75) is 39.2 Å². The first kappa shape index (κ1) is 25.4. The standard InChI is InChI=1S/C22H22F3N3O5/c1-3-18(21(32)27-12-29)28-20(31)17-9-4-14(10-13(17)2)11-26-19(30)15-5-7-16(8-6-15)33-22(23,24)25/h4-10,12,18H,3,11H2,1-2H3,(H,26,30)(H,28,31)(H,27,29,32). The molecular weight excluding hydrogens is 443 g/mol. The highest BCUT2D eigenvalue weighted by atomic mass is 19.4. The minimum Gasteiger partial charge on any atom is -0.406 e. The SMILES string of the molecule is CCC(NC(=O)c1ccc(CNC(=O)c2ccc(OC(F)(F)F)cc2)cc1C)C(=O)NC=O. The van der Waals surface area contributed by atoms with Crippen LogP contribution in [0, 0.1) is 6.92 Å². The number of imide groups is 1. The number of rotatable bonds is 9. The highest BCUT2D eigenvalue weighted by Crippen LogP contribution is 2.22. The summed E-state index contributed by atoms with van der Waals surface area (Å²) in [5, 5.41) is 7.20. The van der Waals surface area contributed by atoms with Crippen molar-refractivity contribution in [1.29, 1.82) is 0 Å². The topological polar surface area (TPSA) is 114 Å². The number of benzene rings is 2. The summed E-state index contributed by atoms with van der Waals surface area (Å²) in [6.45, 7) is 3.48. The lowest BCUT2D eigenvalue weighted by atomic mass is 10.0. The molecule has 33 heavy (non-hydrogen) atoms. The van der Waals surface area contributed by atoms with Crippen LogP contribution in [-0.2, 0) is 16.1 Å². The van der Waals surface area contributed by atoms with Crippen LogP contribution in [0.25, 0.3) is 0 Å². The molecule has 0 aliphatic rings. The van der Waals surface area contributed by atoms with Crippen molar-refractivity contribution in [3.63, 3.8) is 0 Å². The normalized spacial score (nSPS) is 11.8. The van der Waals surface area contributed by atoms with Gasteiger partial charge in [-0.2, -0.15) is 0 Å². The van der Waals surface area contributed by atoms with E-state index in [1.165, 1.54) is 12.1 Å². The third kappa shape index (κ3) is 7.63.